The Hall–Kier alpha value is -3.03. The van der Waals surface area contributed by atoms with E-state index in [-0.39, 0.29) is 17.0 Å². The molecule has 26 heavy (non-hydrogen) atoms. The molecule has 2 aromatic heterocycles. The number of benzene rings is 2. The number of aromatic amines is 1. The van der Waals surface area contributed by atoms with Crippen molar-refractivity contribution in [3.8, 4) is 0 Å². The second-order valence-corrected chi connectivity index (χ2v) is 6.90. The largest absolute Gasteiger partial charge is 0.298 e. The van der Waals surface area contributed by atoms with Gasteiger partial charge in [0.1, 0.15) is 5.69 Å². The Kier molecular flexibility index (Phi) is 4.24. The van der Waals surface area contributed by atoms with Gasteiger partial charge < -0.3 is 0 Å². The second kappa shape index (κ2) is 6.70. The summed E-state index contributed by atoms with van der Waals surface area (Å²) in [4.78, 5) is 29.6. The smallest absolute Gasteiger partial charge is 0.261 e. The summed E-state index contributed by atoms with van der Waals surface area (Å²) in [5, 5.41) is 10.2. The van der Waals surface area contributed by atoms with E-state index in [0.29, 0.717) is 15.7 Å². The van der Waals surface area contributed by atoms with E-state index in [0.717, 1.165) is 10.2 Å². The van der Waals surface area contributed by atoms with Crippen molar-refractivity contribution in [2.75, 3.05) is 5.32 Å². The van der Waals surface area contributed by atoms with Crippen LogP contribution in [0.1, 0.15) is 26.4 Å². The molecule has 0 unspecified atom stereocenters. The van der Waals surface area contributed by atoms with Crippen molar-refractivity contribution in [2.45, 2.75) is 0 Å². The lowest BCUT2D eigenvalue weighted by Crippen LogP contribution is -2.15. The van der Waals surface area contributed by atoms with Gasteiger partial charge in [-0.15, -0.1) is 0 Å². The first-order valence-electron chi connectivity index (χ1n) is 7.62. The van der Waals surface area contributed by atoms with Crippen molar-refractivity contribution in [3.05, 3.63) is 76.6 Å². The molecule has 0 bridgehead atoms. The Morgan fingerprint density at radius 1 is 1.08 bits per heavy atom. The van der Waals surface area contributed by atoms with Gasteiger partial charge in [0.05, 0.1) is 22.0 Å². The molecule has 0 spiro atoms. The van der Waals surface area contributed by atoms with E-state index in [1.165, 1.54) is 17.5 Å². The highest BCUT2D eigenvalue weighted by molar-refractivity contribution is 7.22. The molecule has 2 heterocycles. The molecular formula is C18H11ClN4O2S. The van der Waals surface area contributed by atoms with Gasteiger partial charge in [-0.05, 0) is 36.4 Å². The number of H-pyrrole nitrogens is 1. The van der Waals surface area contributed by atoms with Gasteiger partial charge in [-0.2, -0.15) is 5.10 Å². The van der Waals surface area contributed by atoms with Crippen LogP contribution in [0.5, 0.6) is 0 Å². The lowest BCUT2D eigenvalue weighted by Gasteiger charge is -2.03. The van der Waals surface area contributed by atoms with Crippen LogP contribution in [0.3, 0.4) is 0 Å². The zero-order valence-electron chi connectivity index (χ0n) is 13.2. The minimum Gasteiger partial charge on any atom is -0.298 e. The van der Waals surface area contributed by atoms with Gasteiger partial charge in [0.15, 0.2) is 5.13 Å². The number of fused-ring (bicyclic) bond motifs is 1. The summed E-state index contributed by atoms with van der Waals surface area (Å²) < 4.78 is 0.965. The van der Waals surface area contributed by atoms with Crippen LogP contribution < -0.4 is 5.32 Å². The monoisotopic (exact) mass is 382 g/mol. The van der Waals surface area contributed by atoms with Crippen LogP contribution in [0.4, 0.5) is 5.13 Å². The highest BCUT2D eigenvalue weighted by atomic mass is 35.5. The number of carbonyl (C=O) groups excluding carboxylic acids is 2. The number of hydrogen-bond acceptors (Lipinski definition) is 5. The van der Waals surface area contributed by atoms with Crippen LogP contribution >= 0.6 is 22.9 Å². The van der Waals surface area contributed by atoms with Crippen molar-refractivity contribution in [3.63, 3.8) is 0 Å². The second-order valence-electron chi connectivity index (χ2n) is 5.44. The van der Waals surface area contributed by atoms with E-state index in [9.17, 15) is 9.59 Å². The van der Waals surface area contributed by atoms with E-state index in [4.69, 9.17) is 11.6 Å². The van der Waals surface area contributed by atoms with Crippen molar-refractivity contribution < 1.29 is 9.59 Å². The van der Waals surface area contributed by atoms with E-state index in [1.807, 2.05) is 24.3 Å². The number of nitrogens with zero attached hydrogens (tertiary/aromatic N) is 2. The van der Waals surface area contributed by atoms with Crippen LogP contribution in [-0.4, -0.2) is 26.9 Å². The summed E-state index contributed by atoms with van der Waals surface area (Å²) in [6.45, 7) is 0. The molecule has 4 aromatic rings. The van der Waals surface area contributed by atoms with Gasteiger partial charge >= 0.3 is 0 Å². The van der Waals surface area contributed by atoms with Gasteiger partial charge in [0.2, 0.25) is 5.78 Å². The van der Waals surface area contributed by atoms with E-state index in [1.54, 1.807) is 24.3 Å². The van der Waals surface area contributed by atoms with Crippen LogP contribution in [0, 0.1) is 0 Å². The summed E-state index contributed by atoms with van der Waals surface area (Å²) >= 11 is 7.21. The summed E-state index contributed by atoms with van der Waals surface area (Å²) in [5.41, 5.74) is 1.49. The fourth-order valence-electron chi connectivity index (χ4n) is 2.47. The van der Waals surface area contributed by atoms with Crippen molar-refractivity contribution in [1.29, 1.82) is 0 Å². The van der Waals surface area contributed by atoms with Crippen LogP contribution in [0.25, 0.3) is 10.2 Å². The van der Waals surface area contributed by atoms with Crippen molar-refractivity contribution in [1.82, 2.24) is 15.2 Å². The minimum absolute atomic E-state index is 0.117. The summed E-state index contributed by atoms with van der Waals surface area (Å²) in [6, 6.07) is 14.0. The normalized spacial score (nSPS) is 10.8. The number of ketones is 1. The fraction of sp³-hybridized carbons (Fsp3) is 0. The summed E-state index contributed by atoms with van der Waals surface area (Å²) in [5.74, 6) is -0.788. The summed E-state index contributed by atoms with van der Waals surface area (Å²) in [7, 11) is 0. The van der Waals surface area contributed by atoms with Gasteiger partial charge in [0.25, 0.3) is 5.91 Å². The van der Waals surface area contributed by atoms with Crippen LogP contribution in [0.2, 0.25) is 5.02 Å². The molecule has 8 heteroatoms. The van der Waals surface area contributed by atoms with Gasteiger partial charge in [0, 0.05) is 10.6 Å². The number of carbonyl (C=O) groups is 2. The van der Waals surface area contributed by atoms with E-state index < -0.39 is 5.91 Å². The van der Waals surface area contributed by atoms with E-state index >= 15 is 0 Å². The number of halogens is 1. The molecule has 2 aromatic carbocycles. The SMILES string of the molecule is O=C(Nc1nc2ccccc2s1)c1cn[nH]c1C(=O)c1ccc(Cl)cc1. The maximum absolute atomic E-state index is 12.6. The Bertz CT molecular complexity index is 1080. The van der Waals surface area contributed by atoms with Crippen LogP contribution in [0.15, 0.2) is 54.7 Å². The third-order valence-corrected chi connectivity index (χ3v) is 4.94. The molecule has 0 radical (unpaired) electrons. The lowest BCUT2D eigenvalue weighted by atomic mass is 10.1. The van der Waals surface area contributed by atoms with Gasteiger partial charge in [-0.25, -0.2) is 4.98 Å². The molecule has 0 atom stereocenters. The lowest BCUT2D eigenvalue weighted by molar-refractivity contribution is 0.0994. The van der Waals surface area contributed by atoms with Crippen molar-refractivity contribution >= 4 is 50.0 Å². The zero-order valence-corrected chi connectivity index (χ0v) is 14.8. The Morgan fingerprint density at radius 2 is 1.85 bits per heavy atom. The topological polar surface area (TPSA) is 87.7 Å². The Labute approximate surface area is 156 Å². The molecule has 128 valence electrons. The first kappa shape index (κ1) is 16.4. The number of rotatable bonds is 4. The standard InChI is InChI=1S/C18H11ClN4O2S/c19-11-7-5-10(6-8-11)16(24)15-12(9-20-23-15)17(25)22-18-21-13-3-1-2-4-14(13)26-18/h1-9H,(H,20,23)(H,21,22,25). The highest BCUT2D eigenvalue weighted by Gasteiger charge is 2.21. The quantitative estimate of drug-likeness (QED) is 0.519. The molecule has 0 aliphatic heterocycles. The molecule has 0 saturated heterocycles. The van der Waals surface area contributed by atoms with E-state index in [2.05, 4.69) is 20.5 Å². The average molecular weight is 383 g/mol. The molecule has 4 rings (SSSR count). The molecule has 6 nitrogen and oxygen atoms in total. The Balaban J connectivity index is 1.60. The summed E-state index contributed by atoms with van der Waals surface area (Å²) in [6.07, 6.45) is 1.33. The average Bonchev–Trinajstić information content (AvgIpc) is 3.28. The first-order chi connectivity index (χ1) is 12.6. The first-order valence-corrected chi connectivity index (χ1v) is 8.82. The number of hydrogen-bond donors (Lipinski definition) is 2. The maximum Gasteiger partial charge on any atom is 0.261 e. The van der Waals surface area contributed by atoms with Crippen LogP contribution in [-0.2, 0) is 0 Å². The predicted octanol–water partition coefficient (Wildman–Crippen LogP) is 4.16. The number of thiazole rings is 1. The third kappa shape index (κ3) is 3.10. The minimum atomic E-state index is -0.449. The molecule has 2 N–H and O–H groups in total. The maximum atomic E-state index is 12.6. The molecular weight excluding hydrogens is 372 g/mol. The van der Waals surface area contributed by atoms with Gasteiger partial charge in [-0.1, -0.05) is 35.1 Å². The molecule has 0 saturated carbocycles. The molecule has 1 amide bonds. The van der Waals surface area contributed by atoms with Gasteiger partial charge in [-0.3, -0.25) is 20.0 Å². The molecule has 0 aliphatic carbocycles. The third-order valence-electron chi connectivity index (χ3n) is 3.73. The molecule has 0 fully saturated rings. The van der Waals surface area contributed by atoms with Crippen molar-refractivity contribution in [2.24, 2.45) is 0 Å². The fourth-order valence-corrected chi connectivity index (χ4v) is 3.45. The number of amides is 1. The number of aromatic nitrogens is 3. The Morgan fingerprint density at radius 3 is 2.62 bits per heavy atom. The number of para-hydroxylation sites is 1. The number of nitrogens with one attached hydrogen (secondary N) is 2. The molecule has 0 aliphatic rings. The number of anilines is 1. The predicted molar refractivity (Wildman–Crippen MR) is 101 cm³/mol. The zero-order chi connectivity index (χ0) is 18.1. The highest BCUT2D eigenvalue weighted by Crippen LogP contribution is 2.26.